The van der Waals surface area contributed by atoms with Gasteiger partial charge in [-0.3, -0.25) is 12.2 Å². The van der Waals surface area contributed by atoms with Gasteiger partial charge in [0.2, 0.25) is 0 Å². The monoisotopic (exact) mass is 449 g/mol. The first-order chi connectivity index (χ1) is 9.80. The topological polar surface area (TPSA) is 12.0 Å². The van der Waals surface area contributed by atoms with Gasteiger partial charge in [-0.2, -0.15) is 17.2 Å². The van der Waals surface area contributed by atoms with E-state index in [1.807, 2.05) is 14.1 Å². The Kier molecular flexibility index (Phi) is 22.5. The number of hydrogen-bond donors (Lipinski definition) is 1. The Bertz CT molecular complexity index is 447. The van der Waals surface area contributed by atoms with Gasteiger partial charge in [-0.25, -0.2) is 17.2 Å². The van der Waals surface area contributed by atoms with Crippen molar-refractivity contribution in [3.8, 4) is 0 Å². The van der Waals surface area contributed by atoms with Crippen molar-refractivity contribution in [3.63, 3.8) is 0 Å². The second kappa shape index (κ2) is 16.8. The van der Waals surface area contributed by atoms with E-state index >= 15 is 0 Å². The van der Waals surface area contributed by atoms with Crippen molar-refractivity contribution in [2.75, 3.05) is 14.1 Å². The van der Waals surface area contributed by atoms with E-state index in [0.717, 1.165) is 6.42 Å². The zero-order valence-electron chi connectivity index (χ0n) is 16.6. The van der Waals surface area contributed by atoms with Crippen molar-refractivity contribution in [1.82, 2.24) is 5.32 Å². The molecule has 0 aromatic heterocycles. The first-order valence-corrected chi connectivity index (χ1v) is 7.94. The summed E-state index contributed by atoms with van der Waals surface area (Å²) in [5.74, 6) is 0. The summed E-state index contributed by atoms with van der Waals surface area (Å²) >= 11 is 0. The second-order valence-electron chi connectivity index (χ2n) is 6.18. The van der Waals surface area contributed by atoms with Gasteiger partial charge >= 0.3 is 26.2 Å². The molecule has 4 heteroatoms. The molecular weight excluding hydrogens is 416 g/mol. The minimum absolute atomic E-state index is 0. The molecule has 0 atom stereocenters. The average molecular weight is 452 g/mol. The summed E-state index contributed by atoms with van der Waals surface area (Å²) in [6.45, 7) is 13.1. The van der Waals surface area contributed by atoms with E-state index in [-0.39, 0.29) is 56.4 Å². The first-order valence-electron chi connectivity index (χ1n) is 7.94. The minimum Gasteiger partial charge on any atom is -0.323 e. The zero-order chi connectivity index (χ0) is 16.5. The molecule has 2 rings (SSSR count). The quantitative estimate of drug-likeness (QED) is 0.488. The van der Waals surface area contributed by atoms with E-state index < -0.39 is 0 Å². The third kappa shape index (κ3) is 11.9. The maximum absolute atomic E-state index is 3.44. The molecule has 0 saturated heterocycles. The van der Waals surface area contributed by atoms with E-state index in [1.165, 1.54) is 35.1 Å². The Morgan fingerprint density at radius 2 is 1.62 bits per heavy atom. The summed E-state index contributed by atoms with van der Waals surface area (Å²) in [7, 11) is 3.75. The predicted molar refractivity (Wildman–Crippen MR) is 109 cm³/mol. The smallest absolute Gasteiger partial charge is 0.323 e. The fraction of sp³-hybridized carbons (Fsp3) is 0.600. The van der Waals surface area contributed by atoms with Crippen molar-refractivity contribution in [1.29, 1.82) is 0 Å². The molecule has 0 aromatic rings. The Balaban J connectivity index is -0.000000131. The first kappa shape index (κ1) is 32.1. The molecule has 0 aromatic carbocycles. The van der Waals surface area contributed by atoms with Crippen LogP contribution in [-0.4, -0.2) is 14.1 Å². The normalized spacial score (nSPS) is 16.2. The molecule has 1 N–H and O–H groups in total. The molecule has 0 heterocycles. The second-order valence-corrected chi connectivity index (χ2v) is 6.18. The van der Waals surface area contributed by atoms with Crippen molar-refractivity contribution < 1.29 is 26.2 Å². The Labute approximate surface area is 182 Å². The molecule has 0 unspecified atom stereocenters. The van der Waals surface area contributed by atoms with Crippen molar-refractivity contribution in [2.45, 2.75) is 60.8 Å². The third-order valence-electron chi connectivity index (χ3n) is 3.85. The fourth-order valence-electron chi connectivity index (χ4n) is 2.30. The van der Waals surface area contributed by atoms with Gasteiger partial charge in [0.05, 0.1) is 0 Å². The number of allylic oxidation sites excluding steroid dienone is 8. The van der Waals surface area contributed by atoms with Crippen molar-refractivity contribution >= 4 is 24.8 Å². The third-order valence-corrected chi connectivity index (χ3v) is 3.85. The molecule has 138 valence electrons. The summed E-state index contributed by atoms with van der Waals surface area (Å²) in [5, 5.41) is 2.75. The maximum Gasteiger partial charge on any atom is 2.00 e. The van der Waals surface area contributed by atoms with Crippen molar-refractivity contribution in [3.05, 3.63) is 46.6 Å². The zero-order valence-corrected chi connectivity index (χ0v) is 20.7. The van der Waals surface area contributed by atoms with Crippen LogP contribution >= 0.6 is 24.8 Å². The maximum atomic E-state index is 3.44. The van der Waals surface area contributed by atoms with Crippen LogP contribution in [0.1, 0.15) is 60.8 Å². The summed E-state index contributed by atoms with van der Waals surface area (Å²) in [6.07, 6.45) is 14.5. The number of rotatable bonds is 2. The molecule has 0 fully saturated rings. The standard InChI is InChI=1S/C10H15.C8H11.C2H7N.2ClH.Zr/c1-7-6-10(4,5)9(3)8(7)2;1-2-5-8-6-3-4-7-8;1-3-2;;;/h1-5H3;3,6H,2,4-5H2,1H3;3H,1-2H3;2*1H;/q2*-1;;;;+2. The van der Waals surface area contributed by atoms with Crippen LogP contribution in [0.2, 0.25) is 0 Å². The number of halogens is 2. The van der Waals surface area contributed by atoms with Gasteiger partial charge in [0, 0.05) is 0 Å². The van der Waals surface area contributed by atoms with Crippen LogP contribution in [0.4, 0.5) is 0 Å². The number of hydrogen-bond acceptors (Lipinski definition) is 1. The van der Waals surface area contributed by atoms with Crippen LogP contribution in [0, 0.1) is 17.6 Å². The average Bonchev–Trinajstić information content (AvgIpc) is 2.96. The molecule has 2 aliphatic carbocycles. The molecule has 24 heavy (non-hydrogen) atoms. The minimum atomic E-state index is 0. The molecule has 0 bridgehead atoms. The van der Waals surface area contributed by atoms with Gasteiger partial charge in [-0.15, -0.1) is 38.2 Å². The van der Waals surface area contributed by atoms with Crippen molar-refractivity contribution in [2.24, 2.45) is 5.41 Å². The molecular formula is C20H35Cl2NZr. The fourth-order valence-corrected chi connectivity index (χ4v) is 2.30. The molecule has 0 aliphatic heterocycles. The molecule has 0 amide bonds. The van der Waals surface area contributed by atoms with Gasteiger partial charge in [0.1, 0.15) is 0 Å². The summed E-state index contributed by atoms with van der Waals surface area (Å²) in [5.41, 5.74) is 5.79. The van der Waals surface area contributed by atoms with Gasteiger partial charge in [-0.1, -0.05) is 52.9 Å². The molecule has 2 aliphatic rings. The SMILES string of the molecule is CC1=[C-]C(C)(C)C(C)=C1C.CCCC1=[C-]CC=C1.CNC.Cl.Cl.[Zr+2]. The predicted octanol–water partition coefficient (Wildman–Crippen LogP) is 6.26. The van der Waals surface area contributed by atoms with Gasteiger partial charge in [-0.05, 0) is 14.1 Å². The van der Waals surface area contributed by atoms with Gasteiger partial charge in [0.15, 0.2) is 0 Å². The van der Waals surface area contributed by atoms with E-state index in [9.17, 15) is 0 Å². The molecule has 1 nitrogen and oxygen atoms in total. The molecule has 0 radical (unpaired) electrons. The Morgan fingerprint density at radius 1 is 1.12 bits per heavy atom. The summed E-state index contributed by atoms with van der Waals surface area (Å²) < 4.78 is 0. The van der Waals surface area contributed by atoms with Gasteiger partial charge < -0.3 is 5.32 Å². The Morgan fingerprint density at radius 3 is 1.83 bits per heavy atom. The van der Waals surface area contributed by atoms with Crippen LogP contribution in [0.3, 0.4) is 0 Å². The number of nitrogens with one attached hydrogen (secondary N) is 1. The van der Waals surface area contributed by atoms with Crippen LogP contribution < -0.4 is 5.32 Å². The van der Waals surface area contributed by atoms with Crippen LogP contribution in [0.25, 0.3) is 0 Å². The van der Waals surface area contributed by atoms with E-state index in [4.69, 9.17) is 0 Å². The molecule has 0 spiro atoms. The van der Waals surface area contributed by atoms with Gasteiger partial charge in [0.25, 0.3) is 0 Å². The summed E-state index contributed by atoms with van der Waals surface area (Å²) in [4.78, 5) is 0. The van der Waals surface area contributed by atoms with Crippen LogP contribution in [-0.2, 0) is 26.2 Å². The van der Waals surface area contributed by atoms with E-state index in [0.29, 0.717) is 0 Å². The van der Waals surface area contributed by atoms with E-state index in [1.54, 1.807) is 0 Å². The summed E-state index contributed by atoms with van der Waals surface area (Å²) in [6, 6.07) is 0. The van der Waals surface area contributed by atoms with E-state index in [2.05, 4.69) is 71.2 Å². The molecule has 0 saturated carbocycles. The van der Waals surface area contributed by atoms with Crippen LogP contribution in [0.15, 0.2) is 34.4 Å². The largest absolute Gasteiger partial charge is 2.00 e. The van der Waals surface area contributed by atoms with Crippen LogP contribution in [0.5, 0.6) is 0 Å². The Hall–Kier alpha value is 0.383.